The van der Waals surface area contributed by atoms with Crippen LogP contribution in [0.2, 0.25) is 0 Å². The molecule has 59 heavy (non-hydrogen) atoms. The predicted molar refractivity (Wildman–Crippen MR) is 228 cm³/mol. The van der Waals surface area contributed by atoms with Gasteiger partial charge in [0.25, 0.3) is 0 Å². The molecule has 4 N–H and O–H groups in total. The lowest BCUT2D eigenvalue weighted by Gasteiger charge is -2.22. The number of ether oxygens (including phenoxy) is 9. The molecule has 1 amide bonds. The highest BCUT2D eigenvalue weighted by Gasteiger charge is 2.24. The number of hydrogen-bond donors (Lipinski definition) is 2. The summed E-state index contributed by atoms with van der Waals surface area (Å²) in [6, 6.07) is 4.69. The summed E-state index contributed by atoms with van der Waals surface area (Å²) in [7, 11) is -2.32. The van der Waals surface area contributed by atoms with Crippen LogP contribution in [0.15, 0.2) is 33.7 Å². The molecule has 1 aliphatic rings. The SMILES string of the molecule is CCCN(CCC)C(=O)C1=Cc2ccc(S(=O)(=O)N(C)CCOCCOCCOCCOCCOCCOCCOCCCCCOCCOCCN)cc2N=C(N)C1. The number of unbranched alkanes of at least 4 members (excludes halogenated alkanes) is 2. The fourth-order valence-corrected chi connectivity index (χ4v) is 6.81. The summed E-state index contributed by atoms with van der Waals surface area (Å²) in [6.07, 6.45) is 6.74. The first kappa shape index (κ1) is 52.5. The average Bonchev–Trinajstić information content (AvgIpc) is 3.39. The Bertz CT molecular complexity index is 1410. The zero-order valence-electron chi connectivity index (χ0n) is 35.9. The van der Waals surface area contributed by atoms with Gasteiger partial charge in [0.15, 0.2) is 0 Å². The van der Waals surface area contributed by atoms with E-state index in [2.05, 4.69) is 4.99 Å². The number of carbonyl (C=O) groups is 1. The largest absolute Gasteiger partial charge is 0.387 e. The zero-order chi connectivity index (χ0) is 42.8. The van der Waals surface area contributed by atoms with Crippen LogP contribution in [0.25, 0.3) is 6.08 Å². The number of aliphatic imine (C=N–C) groups is 1. The van der Waals surface area contributed by atoms with Crippen LogP contribution in [-0.2, 0) is 57.4 Å². The lowest BCUT2D eigenvalue weighted by molar-refractivity contribution is -0.127. The Balaban J connectivity index is 1.43. The summed E-state index contributed by atoms with van der Waals surface area (Å²) in [4.78, 5) is 19.6. The second kappa shape index (κ2) is 34.0. The number of sulfonamides is 1. The van der Waals surface area contributed by atoms with E-state index in [1.807, 2.05) is 18.7 Å². The first-order chi connectivity index (χ1) is 28.7. The van der Waals surface area contributed by atoms with Crippen molar-refractivity contribution in [1.82, 2.24) is 9.21 Å². The number of amidine groups is 1. The number of carbonyl (C=O) groups excluding carboxylic acids is 1. The second-order valence-electron chi connectivity index (χ2n) is 13.6. The number of nitrogens with two attached hydrogens (primary N) is 2. The summed E-state index contributed by atoms with van der Waals surface area (Å²) in [5.74, 6) is 0.180. The van der Waals surface area contributed by atoms with Gasteiger partial charge in [-0.3, -0.25) is 4.79 Å². The average molecular weight is 860 g/mol. The summed E-state index contributed by atoms with van der Waals surface area (Å²) >= 11 is 0. The highest BCUT2D eigenvalue weighted by Crippen LogP contribution is 2.30. The zero-order valence-corrected chi connectivity index (χ0v) is 36.7. The topological polar surface area (TPSA) is 205 Å². The number of rotatable bonds is 39. The van der Waals surface area contributed by atoms with Gasteiger partial charge < -0.3 is 59.0 Å². The Morgan fingerprint density at radius 2 is 1.08 bits per heavy atom. The molecule has 0 saturated heterocycles. The van der Waals surface area contributed by atoms with E-state index in [1.165, 1.54) is 23.5 Å². The van der Waals surface area contributed by atoms with Gasteiger partial charge in [-0.25, -0.2) is 13.4 Å². The third-order valence-electron chi connectivity index (χ3n) is 8.72. The Hall–Kier alpha value is -2.59. The van der Waals surface area contributed by atoms with Gasteiger partial charge in [-0.05, 0) is 50.3 Å². The van der Waals surface area contributed by atoms with E-state index in [0.717, 1.165) is 45.3 Å². The Labute approximate surface area is 353 Å². The van der Waals surface area contributed by atoms with Gasteiger partial charge >= 0.3 is 0 Å². The highest BCUT2D eigenvalue weighted by molar-refractivity contribution is 7.89. The van der Waals surface area contributed by atoms with Crippen LogP contribution < -0.4 is 11.5 Å². The first-order valence-electron chi connectivity index (χ1n) is 21.1. The van der Waals surface area contributed by atoms with E-state index in [1.54, 1.807) is 12.1 Å². The van der Waals surface area contributed by atoms with E-state index in [9.17, 15) is 13.2 Å². The van der Waals surface area contributed by atoms with Crippen LogP contribution in [0.4, 0.5) is 5.69 Å². The molecular weight excluding hydrogens is 787 g/mol. The maximum atomic E-state index is 13.3. The van der Waals surface area contributed by atoms with E-state index in [0.29, 0.717) is 136 Å². The maximum absolute atomic E-state index is 13.3. The third kappa shape index (κ3) is 23.8. The molecule has 2 rings (SSSR count). The van der Waals surface area contributed by atoms with Gasteiger partial charge in [0.05, 0.1) is 116 Å². The molecule has 0 unspecified atom stereocenters. The molecule has 0 bridgehead atoms. The number of fused-ring (bicyclic) bond motifs is 1. The Kier molecular flexibility index (Phi) is 30.3. The summed E-state index contributed by atoms with van der Waals surface area (Å²) in [6.45, 7) is 14.9. The van der Waals surface area contributed by atoms with Gasteiger partial charge in [0, 0.05) is 64.0 Å². The van der Waals surface area contributed by atoms with Crippen molar-refractivity contribution in [3.8, 4) is 0 Å². The van der Waals surface area contributed by atoms with Crippen LogP contribution in [0, 0.1) is 0 Å². The van der Waals surface area contributed by atoms with Crippen LogP contribution in [0.3, 0.4) is 0 Å². The van der Waals surface area contributed by atoms with Crippen molar-refractivity contribution in [2.75, 3.05) is 152 Å². The smallest absolute Gasteiger partial charge is 0.250 e. The molecule has 1 aromatic rings. The van der Waals surface area contributed by atoms with Gasteiger partial charge in [-0.15, -0.1) is 0 Å². The molecule has 1 aliphatic heterocycles. The van der Waals surface area contributed by atoms with E-state index in [-0.39, 0.29) is 36.2 Å². The molecule has 1 heterocycles. The number of hydrogen-bond acceptors (Lipinski definition) is 15. The summed E-state index contributed by atoms with van der Waals surface area (Å²) in [5, 5.41) is 0. The van der Waals surface area contributed by atoms with Crippen molar-refractivity contribution in [3.63, 3.8) is 0 Å². The summed E-state index contributed by atoms with van der Waals surface area (Å²) in [5.41, 5.74) is 13.1. The lowest BCUT2D eigenvalue weighted by Crippen LogP contribution is -2.34. The standard InChI is InChI=1S/C41H73N5O12S/c1-4-12-46(13-5-2)41(47)37-33-36-9-10-38(35-39(36)44-40(43)34-37)59(48,49)45(3)14-18-53-22-24-55-26-28-57-30-32-58-31-29-56-27-25-54-23-20-51-16-8-6-7-15-50-19-21-52-17-11-42/h9-10,33,35H,4-8,11-32,34,42H2,1-3H3,(H2,43,44). The van der Waals surface area contributed by atoms with Gasteiger partial charge in [0.2, 0.25) is 15.9 Å². The number of amides is 1. The molecule has 340 valence electrons. The van der Waals surface area contributed by atoms with E-state index in [4.69, 9.17) is 54.1 Å². The molecule has 0 aliphatic carbocycles. The molecule has 17 nitrogen and oxygen atoms in total. The fraction of sp³-hybridized carbons (Fsp3) is 0.756. The molecule has 0 spiro atoms. The van der Waals surface area contributed by atoms with E-state index >= 15 is 0 Å². The maximum Gasteiger partial charge on any atom is 0.250 e. The molecule has 0 fully saturated rings. The molecule has 0 saturated carbocycles. The number of nitrogens with zero attached hydrogens (tertiary/aromatic N) is 3. The second-order valence-corrected chi connectivity index (χ2v) is 15.7. The van der Waals surface area contributed by atoms with Crippen molar-refractivity contribution in [2.45, 2.75) is 57.3 Å². The van der Waals surface area contributed by atoms with Crippen molar-refractivity contribution >= 4 is 33.5 Å². The van der Waals surface area contributed by atoms with Crippen molar-refractivity contribution in [3.05, 3.63) is 29.3 Å². The Morgan fingerprint density at radius 1 is 0.644 bits per heavy atom. The molecule has 1 aromatic carbocycles. The minimum absolute atomic E-state index is 0.0758. The van der Waals surface area contributed by atoms with Crippen LogP contribution in [0.5, 0.6) is 0 Å². The minimum atomic E-state index is -3.82. The molecule has 18 heteroatoms. The minimum Gasteiger partial charge on any atom is -0.387 e. The fourth-order valence-electron chi connectivity index (χ4n) is 5.63. The van der Waals surface area contributed by atoms with Crippen LogP contribution >= 0.6 is 0 Å². The van der Waals surface area contributed by atoms with Gasteiger partial charge in [-0.2, -0.15) is 4.31 Å². The number of likely N-dealkylation sites (N-methyl/N-ethyl adjacent to an activating group) is 1. The molecule has 0 aromatic heterocycles. The van der Waals surface area contributed by atoms with Crippen molar-refractivity contribution in [1.29, 1.82) is 0 Å². The van der Waals surface area contributed by atoms with Crippen molar-refractivity contribution < 1.29 is 55.8 Å². The highest BCUT2D eigenvalue weighted by atomic mass is 32.2. The van der Waals surface area contributed by atoms with Crippen molar-refractivity contribution in [2.24, 2.45) is 16.5 Å². The quantitative estimate of drug-likeness (QED) is 0.0915. The number of benzene rings is 1. The predicted octanol–water partition coefficient (Wildman–Crippen LogP) is 3.01. The van der Waals surface area contributed by atoms with Gasteiger partial charge in [-0.1, -0.05) is 19.9 Å². The third-order valence-corrected chi connectivity index (χ3v) is 10.6. The van der Waals surface area contributed by atoms with Crippen LogP contribution in [-0.4, -0.2) is 182 Å². The molecular formula is C41H73N5O12S. The van der Waals surface area contributed by atoms with Gasteiger partial charge in [0.1, 0.15) is 5.84 Å². The molecule has 0 atom stereocenters. The Morgan fingerprint density at radius 3 is 1.54 bits per heavy atom. The van der Waals surface area contributed by atoms with E-state index < -0.39 is 10.0 Å². The lowest BCUT2D eigenvalue weighted by atomic mass is 10.1. The summed E-state index contributed by atoms with van der Waals surface area (Å²) < 4.78 is 77.4. The molecule has 0 radical (unpaired) electrons. The first-order valence-corrected chi connectivity index (χ1v) is 22.5. The normalized spacial score (nSPS) is 13.0. The van der Waals surface area contributed by atoms with Crippen LogP contribution in [0.1, 0.15) is 57.9 Å². The monoisotopic (exact) mass is 859 g/mol.